The monoisotopic (exact) mass is 513 g/mol. The Morgan fingerprint density at radius 1 is 1.31 bits per heavy atom. The summed E-state index contributed by atoms with van der Waals surface area (Å²) >= 11 is 0. The summed E-state index contributed by atoms with van der Waals surface area (Å²) in [5, 5.41) is 0. The molecule has 1 amide bonds. The largest absolute Gasteiger partial charge is 0.447 e. The van der Waals surface area contributed by atoms with Gasteiger partial charge >= 0.3 is 6.09 Å². The quantitative estimate of drug-likeness (QED) is 0.567. The Balaban J connectivity index is 1.42. The Morgan fingerprint density at radius 3 is 2.60 bits per heavy atom. The van der Waals surface area contributed by atoms with E-state index in [-0.39, 0.29) is 30.3 Å². The first-order valence-corrected chi connectivity index (χ1v) is 13.7. The predicted molar refractivity (Wildman–Crippen MR) is 126 cm³/mol. The normalized spacial score (nSPS) is 32.7. The summed E-state index contributed by atoms with van der Waals surface area (Å²) in [4.78, 5) is 22.9. The number of hydrogen-bond acceptors (Lipinski definition) is 7. The van der Waals surface area contributed by atoms with E-state index in [1.165, 1.54) is 26.5 Å². The van der Waals surface area contributed by atoms with Crippen molar-refractivity contribution >= 4 is 16.3 Å². The van der Waals surface area contributed by atoms with Crippen LogP contribution in [0.2, 0.25) is 0 Å². The molecule has 4 rings (SSSR count). The van der Waals surface area contributed by atoms with Crippen molar-refractivity contribution in [2.24, 2.45) is 5.92 Å². The average molecular weight is 514 g/mol. The van der Waals surface area contributed by atoms with Crippen molar-refractivity contribution in [1.29, 1.82) is 0 Å². The summed E-state index contributed by atoms with van der Waals surface area (Å²) in [6, 6.07) is -1.19. The lowest BCUT2D eigenvalue weighted by Crippen LogP contribution is -2.52. The van der Waals surface area contributed by atoms with Crippen molar-refractivity contribution in [3.05, 3.63) is 24.0 Å². The van der Waals surface area contributed by atoms with Crippen LogP contribution in [0.1, 0.15) is 58.7 Å². The lowest BCUT2D eigenvalue weighted by atomic mass is 9.86. The number of carbonyl (C=O) groups is 1. The number of fused-ring (bicyclic) bond motifs is 1. The van der Waals surface area contributed by atoms with Gasteiger partial charge in [0, 0.05) is 31.6 Å². The molecular formula is C23H36FN5O5S. The Morgan fingerprint density at radius 2 is 2.00 bits per heavy atom. The summed E-state index contributed by atoms with van der Waals surface area (Å²) in [6.07, 6.45) is 5.56. The van der Waals surface area contributed by atoms with Crippen LogP contribution in [0.4, 0.5) is 9.18 Å². The summed E-state index contributed by atoms with van der Waals surface area (Å²) < 4.78 is 53.9. The maximum atomic E-state index is 13.2. The molecule has 10 nitrogen and oxygen atoms in total. The van der Waals surface area contributed by atoms with E-state index in [1.807, 2.05) is 6.92 Å². The average Bonchev–Trinajstić information content (AvgIpc) is 3.42. The molecule has 0 radical (unpaired) electrons. The molecule has 1 aliphatic heterocycles. The van der Waals surface area contributed by atoms with Crippen LogP contribution in [-0.4, -0.2) is 84.7 Å². The topological polar surface area (TPSA) is 114 Å². The number of amides is 1. The number of rotatable bonds is 8. The molecule has 1 saturated heterocycles. The molecule has 2 heterocycles. The smallest absolute Gasteiger partial charge is 0.410 e. The maximum Gasteiger partial charge on any atom is 0.410 e. The van der Waals surface area contributed by atoms with Gasteiger partial charge in [-0.15, -0.1) is 0 Å². The van der Waals surface area contributed by atoms with Gasteiger partial charge in [0.25, 0.3) is 10.2 Å². The molecule has 2 saturated carbocycles. The minimum Gasteiger partial charge on any atom is -0.447 e. The third-order valence-corrected chi connectivity index (χ3v) is 9.04. The highest BCUT2D eigenvalue weighted by Crippen LogP contribution is 2.61. The molecule has 35 heavy (non-hydrogen) atoms. The highest BCUT2D eigenvalue weighted by molar-refractivity contribution is 7.87. The summed E-state index contributed by atoms with van der Waals surface area (Å²) in [5.74, 6) is 0.636. The van der Waals surface area contributed by atoms with E-state index >= 15 is 0 Å². The van der Waals surface area contributed by atoms with E-state index in [0.717, 1.165) is 30.0 Å². The SMILES string of the molecule is CC(C)OC(=O)N1[C@H](C)C[C@H](NS(=O)(=O)N(C)C)[C@@H]1CO[C@@H]1CC[C@]2(c3ncc(F)cn3)C[C@@H]2C1. The Hall–Kier alpha value is -1.89. The lowest BCUT2D eigenvalue weighted by Gasteiger charge is -2.33. The van der Waals surface area contributed by atoms with Gasteiger partial charge < -0.3 is 9.47 Å². The Bertz CT molecular complexity index is 1020. The van der Waals surface area contributed by atoms with Crippen molar-refractivity contribution in [3.63, 3.8) is 0 Å². The van der Waals surface area contributed by atoms with Crippen molar-refractivity contribution < 1.29 is 27.1 Å². The van der Waals surface area contributed by atoms with E-state index in [4.69, 9.17) is 9.47 Å². The molecular weight excluding hydrogens is 477 g/mol. The summed E-state index contributed by atoms with van der Waals surface area (Å²) in [6.45, 7) is 5.66. The number of carbonyl (C=O) groups excluding carboxylic acids is 1. The van der Waals surface area contributed by atoms with Crippen LogP contribution < -0.4 is 4.72 Å². The number of nitrogens with one attached hydrogen (secondary N) is 1. The standard InChI is InChI=1S/C23H36FN5O5S/c1-14(2)34-22(30)29-15(3)8-19(27-35(31,32)28(4)5)20(29)13-33-18-6-7-23(10-16(23)9-18)21-25-11-17(24)12-26-21/h11-12,14-16,18-20,27H,6-10,13H2,1-5H3/t15-,16+,18-,19+,20+,23+/m1/s1. The van der Waals surface area contributed by atoms with Crippen LogP contribution in [0.15, 0.2) is 12.4 Å². The molecule has 0 bridgehead atoms. The first kappa shape index (κ1) is 26.2. The number of nitrogens with zero attached hydrogens (tertiary/aromatic N) is 4. The molecule has 6 atom stereocenters. The van der Waals surface area contributed by atoms with Gasteiger partial charge in [0.1, 0.15) is 5.82 Å². The van der Waals surface area contributed by atoms with Gasteiger partial charge in [0.15, 0.2) is 5.82 Å². The second-order valence-corrected chi connectivity index (χ2v) is 12.4. The van der Waals surface area contributed by atoms with E-state index < -0.39 is 34.2 Å². The Kier molecular flexibility index (Phi) is 7.38. The third kappa shape index (κ3) is 5.45. The van der Waals surface area contributed by atoms with Crippen molar-refractivity contribution in [2.75, 3.05) is 20.7 Å². The van der Waals surface area contributed by atoms with Gasteiger partial charge in [0.05, 0.1) is 37.3 Å². The van der Waals surface area contributed by atoms with Gasteiger partial charge in [-0.3, -0.25) is 4.90 Å². The van der Waals surface area contributed by atoms with Gasteiger partial charge in [-0.1, -0.05) is 0 Å². The summed E-state index contributed by atoms with van der Waals surface area (Å²) in [5.41, 5.74) is -0.0909. The highest BCUT2D eigenvalue weighted by Gasteiger charge is 2.60. The molecule has 1 aromatic heterocycles. The maximum absolute atomic E-state index is 13.2. The van der Waals surface area contributed by atoms with E-state index in [1.54, 1.807) is 18.7 Å². The number of ether oxygens (including phenoxy) is 2. The van der Waals surface area contributed by atoms with Gasteiger partial charge in [-0.05, 0) is 58.8 Å². The van der Waals surface area contributed by atoms with E-state index in [2.05, 4.69) is 14.7 Å². The molecule has 1 aromatic rings. The second kappa shape index (κ2) is 9.87. The fourth-order valence-electron chi connectivity index (χ4n) is 5.55. The highest BCUT2D eigenvalue weighted by atomic mass is 32.2. The minimum atomic E-state index is -3.69. The zero-order valence-electron chi connectivity index (χ0n) is 21.0. The molecule has 1 N–H and O–H groups in total. The van der Waals surface area contributed by atoms with Crippen LogP contribution in [0.5, 0.6) is 0 Å². The van der Waals surface area contributed by atoms with E-state index in [9.17, 15) is 17.6 Å². The van der Waals surface area contributed by atoms with Crippen LogP contribution in [-0.2, 0) is 25.1 Å². The predicted octanol–water partition coefficient (Wildman–Crippen LogP) is 2.21. The molecule has 3 aliphatic rings. The van der Waals surface area contributed by atoms with Gasteiger partial charge in [-0.2, -0.15) is 17.4 Å². The fraction of sp³-hybridized carbons (Fsp3) is 0.783. The third-order valence-electron chi connectivity index (χ3n) is 7.48. The molecule has 12 heteroatoms. The first-order chi connectivity index (χ1) is 16.4. The minimum absolute atomic E-state index is 0.0129. The second-order valence-electron chi connectivity index (χ2n) is 10.5. The Labute approximate surface area is 206 Å². The molecule has 196 valence electrons. The van der Waals surface area contributed by atoms with Gasteiger partial charge in [0.2, 0.25) is 0 Å². The van der Waals surface area contributed by atoms with Crippen LogP contribution in [0, 0.1) is 11.7 Å². The molecule has 0 aromatic carbocycles. The first-order valence-electron chi connectivity index (χ1n) is 12.2. The van der Waals surface area contributed by atoms with Crippen LogP contribution in [0.3, 0.4) is 0 Å². The molecule has 2 aliphatic carbocycles. The lowest BCUT2D eigenvalue weighted by molar-refractivity contribution is -0.0148. The van der Waals surface area contributed by atoms with Crippen molar-refractivity contribution in [2.45, 2.75) is 88.6 Å². The van der Waals surface area contributed by atoms with Crippen LogP contribution in [0.25, 0.3) is 0 Å². The number of likely N-dealkylation sites (tertiary alicyclic amines) is 1. The zero-order chi connectivity index (χ0) is 25.5. The van der Waals surface area contributed by atoms with E-state index in [0.29, 0.717) is 18.2 Å². The number of aromatic nitrogens is 2. The van der Waals surface area contributed by atoms with Crippen LogP contribution >= 0.6 is 0 Å². The molecule has 0 spiro atoms. The fourth-order valence-corrected chi connectivity index (χ4v) is 6.39. The van der Waals surface area contributed by atoms with Gasteiger partial charge in [-0.25, -0.2) is 19.2 Å². The molecule has 0 unspecified atom stereocenters. The van der Waals surface area contributed by atoms with Crippen molar-refractivity contribution in [1.82, 2.24) is 23.9 Å². The zero-order valence-corrected chi connectivity index (χ0v) is 21.8. The molecule has 3 fully saturated rings. The number of halogens is 1. The number of hydrogen-bond donors (Lipinski definition) is 1. The van der Waals surface area contributed by atoms with Crippen molar-refractivity contribution in [3.8, 4) is 0 Å². The summed E-state index contributed by atoms with van der Waals surface area (Å²) in [7, 11) is -0.761.